The Labute approximate surface area is 144 Å². The number of thioether (sulfide) groups is 1. The van der Waals surface area contributed by atoms with Gasteiger partial charge in [-0.25, -0.2) is 0 Å². The highest BCUT2D eigenvalue weighted by atomic mass is 32.2. The Morgan fingerprint density at radius 2 is 1.96 bits per heavy atom. The average Bonchev–Trinajstić information content (AvgIpc) is 3.22. The van der Waals surface area contributed by atoms with Crippen LogP contribution >= 0.6 is 11.8 Å². The number of likely N-dealkylation sites (N-methyl/N-ethyl adjacent to an activating group) is 1. The molecule has 0 unspecified atom stereocenters. The summed E-state index contributed by atoms with van der Waals surface area (Å²) in [6, 6.07) is 5.70. The first-order valence-corrected chi connectivity index (χ1v) is 8.92. The zero-order chi connectivity index (χ0) is 16.9. The maximum Gasteiger partial charge on any atom is 0.260 e. The smallest absolute Gasteiger partial charge is 0.260 e. The molecule has 2 amide bonds. The number of amides is 2. The number of benzene rings is 1. The topological polar surface area (TPSA) is 59.1 Å². The van der Waals surface area contributed by atoms with Gasteiger partial charge >= 0.3 is 0 Å². The van der Waals surface area contributed by atoms with E-state index in [0.717, 1.165) is 11.3 Å². The molecule has 3 saturated heterocycles. The summed E-state index contributed by atoms with van der Waals surface area (Å²) >= 11 is 1.50. The molecule has 4 heterocycles. The van der Waals surface area contributed by atoms with Gasteiger partial charge in [-0.05, 0) is 37.0 Å². The lowest BCUT2D eigenvalue weighted by atomic mass is 9.94. The van der Waals surface area contributed by atoms with E-state index in [0.29, 0.717) is 12.2 Å². The third-order valence-corrected chi connectivity index (χ3v) is 7.53. The summed E-state index contributed by atoms with van der Waals surface area (Å²) in [6.45, 7) is 4.19. The molecule has 0 aromatic heterocycles. The van der Waals surface area contributed by atoms with Gasteiger partial charge in [0, 0.05) is 7.05 Å². The molecular weight excluding hydrogens is 328 g/mol. The van der Waals surface area contributed by atoms with E-state index in [1.165, 1.54) is 11.8 Å². The van der Waals surface area contributed by atoms with Gasteiger partial charge in [0.05, 0.1) is 6.04 Å². The lowest BCUT2D eigenvalue weighted by Gasteiger charge is -2.39. The van der Waals surface area contributed by atoms with Crippen LogP contribution in [0.3, 0.4) is 0 Å². The predicted octanol–water partition coefficient (Wildman–Crippen LogP) is 1.96. The maximum atomic E-state index is 13.1. The predicted molar refractivity (Wildman–Crippen MR) is 87.4 cm³/mol. The number of hydrogen-bond acceptors (Lipinski definition) is 5. The van der Waals surface area contributed by atoms with Gasteiger partial charge in [0.1, 0.15) is 0 Å². The molecule has 126 valence electrons. The summed E-state index contributed by atoms with van der Waals surface area (Å²) in [5, 5.41) is 0. The van der Waals surface area contributed by atoms with E-state index in [1.54, 1.807) is 11.9 Å². The highest BCUT2D eigenvalue weighted by molar-refractivity contribution is 8.04. The second kappa shape index (κ2) is 4.20. The lowest BCUT2D eigenvalue weighted by molar-refractivity contribution is -0.159. The second-order valence-corrected chi connectivity index (χ2v) is 8.82. The third kappa shape index (κ3) is 1.41. The monoisotopic (exact) mass is 346 g/mol. The molecule has 4 aliphatic heterocycles. The Hall–Kier alpha value is -1.89. The summed E-state index contributed by atoms with van der Waals surface area (Å²) in [6.07, 6.45) is 0.682. The first kappa shape index (κ1) is 14.5. The van der Waals surface area contributed by atoms with Crippen LogP contribution in [0, 0.1) is 5.92 Å². The maximum absolute atomic E-state index is 13.1. The van der Waals surface area contributed by atoms with Crippen LogP contribution in [0.15, 0.2) is 18.2 Å². The van der Waals surface area contributed by atoms with Crippen molar-refractivity contribution in [2.45, 2.75) is 36.1 Å². The number of fused-ring (bicyclic) bond motifs is 2. The highest BCUT2D eigenvalue weighted by Gasteiger charge is 2.76. The van der Waals surface area contributed by atoms with E-state index >= 15 is 0 Å². The summed E-state index contributed by atoms with van der Waals surface area (Å²) in [4.78, 5) is 28.0. The highest BCUT2D eigenvalue weighted by Crippen LogP contribution is 2.66. The molecule has 4 atom stereocenters. The standard InChI is InChI=1S/C17H18N2O4S/c1-9-7-17-15(21)18(3)16(2,24-17)14(20)19(17)13(9)10-4-5-11-12(6-10)23-8-22-11/h4-6,9,13H,7-8H2,1-3H3/t9-,13+,16+,17-/m0/s1. The van der Waals surface area contributed by atoms with Crippen LogP contribution in [-0.4, -0.2) is 45.2 Å². The second-order valence-electron chi connectivity index (χ2n) is 7.15. The molecule has 0 N–H and O–H groups in total. The molecule has 4 aliphatic rings. The first-order valence-electron chi connectivity index (χ1n) is 8.10. The Kier molecular flexibility index (Phi) is 2.53. The van der Waals surface area contributed by atoms with E-state index in [9.17, 15) is 9.59 Å². The van der Waals surface area contributed by atoms with E-state index in [1.807, 2.05) is 30.0 Å². The Bertz CT molecular complexity index is 799. The van der Waals surface area contributed by atoms with Gasteiger partial charge in [0.15, 0.2) is 21.2 Å². The third-order valence-electron chi connectivity index (χ3n) is 5.81. The van der Waals surface area contributed by atoms with Crippen LogP contribution in [0.4, 0.5) is 0 Å². The van der Waals surface area contributed by atoms with E-state index in [-0.39, 0.29) is 30.6 Å². The zero-order valence-corrected chi connectivity index (χ0v) is 14.6. The van der Waals surface area contributed by atoms with E-state index < -0.39 is 9.74 Å². The number of rotatable bonds is 1. The Balaban J connectivity index is 1.62. The molecule has 2 bridgehead atoms. The summed E-state index contributed by atoms with van der Waals surface area (Å²) in [5.74, 6) is 1.71. The molecule has 3 fully saturated rings. The molecule has 7 heteroatoms. The van der Waals surface area contributed by atoms with Crippen molar-refractivity contribution < 1.29 is 19.1 Å². The Morgan fingerprint density at radius 3 is 2.75 bits per heavy atom. The quantitative estimate of drug-likeness (QED) is 0.778. The fraction of sp³-hybridized carbons (Fsp3) is 0.529. The van der Waals surface area contributed by atoms with Crippen molar-refractivity contribution in [2.75, 3.05) is 13.8 Å². The number of piperazine rings is 1. The minimum Gasteiger partial charge on any atom is -0.454 e. The van der Waals surface area contributed by atoms with Crippen LogP contribution < -0.4 is 9.47 Å². The van der Waals surface area contributed by atoms with Crippen LogP contribution in [0.5, 0.6) is 11.5 Å². The van der Waals surface area contributed by atoms with Crippen LogP contribution in [0.2, 0.25) is 0 Å². The average molecular weight is 346 g/mol. The van der Waals surface area contributed by atoms with Crippen molar-refractivity contribution >= 4 is 23.6 Å². The SMILES string of the molecule is C[C@H]1C[C@@]23S[C@](C)(C(=O)N2[C@H]1c1ccc2c(c1)OCO2)N(C)C3=O. The molecule has 6 nitrogen and oxygen atoms in total. The van der Waals surface area contributed by atoms with Crippen LogP contribution in [-0.2, 0) is 9.59 Å². The van der Waals surface area contributed by atoms with Crippen LogP contribution in [0.1, 0.15) is 31.9 Å². The number of nitrogens with zero attached hydrogens (tertiary/aromatic N) is 2. The van der Waals surface area contributed by atoms with Gasteiger partial charge in [-0.2, -0.15) is 0 Å². The molecule has 1 aromatic rings. The largest absolute Gasteiger partial charge is 0.454 e. The fourth-order valence-electron chi connectivity index (χ4n) is 4.58. The van der Waals surface area contributed by atoms with Gasteiger partial charge < -0.3 is 19.3 Å². The van der Waals surface area contributed by atoms with Gasteiger partial charge in [-0.3, -0.25) is 9.59 Å². The minimum absolute atomic E-state index is 0.0293. The molecule has 0 saturated carbocycles. The number of carbonyl (C=O) groups excluding carboxylic acids is 2. The van der Waals surface area contributed by atoms with Crippen molar-refractivity contribution in [3.63, 3.8) is 0 Å². The van der Waals surface area contributed by atoms with Gasteiger partial charge in [-0.15, -0.1) is 0 Å². The summed E-state index contributed by atoms with van der Waals surface area (Å²) in [7, 11) is 1.73. The van der Waals surface area contributed by atoms with Crippen LogP contribution in [0.25, 0.3) is 0 Å². The molecule has 24 heavy (non-hydrogen) atoms. The van der Waals surface area contributed by atoms with Gasteiger partial charge in [-0.1, -0.05) is 24.8 Å². The molecule has 1 aromatic carbocycles. The molecule has 0 radical (unpaired) electrons. The normalized spacial score (nSPS) is 39.1. The summed E-state index contributed by atoms with van der Waals surface area (Å²) in [5.41, 5.74) is 1.00. The fourth-order valence-corrected chi connectivity index (χ4v) is 6.51. The van der Waals surface area contributed by atoms with E-state index in [2.05, 4.69) is 6.92 Å². The molecular formula is C17H18N2O4S. The molecule has 0 aliphatic carbocycles. The molecule has 5 rings (SSSR count). The van der Waals surface area contributed by atoms with Crippen molar-refractivity contribution in [2.24, 2.45) is 5.92 Å². The van der Waals surface area contributed by atoms with Gasteiger partial charge in [0.2, 0.25) is 6.79 Å². The van der Waals surface area contributed by atoms with E-state index in [4.69, 9.17) is 9.47 Å². The number of ether oxygens (including phenoxy) is 2. The van der Waals surface area contributed by atoms with Crippen molar-refractivity contribution in [3.8, 4) is 11.5 Å². The van der Waals surface area contributed by atoms with Crippen molar-refractivity contribution in [1.29, 1.82) is 0 Å². The lowest BCUT2D eigenvalue weighted by Crippen LogP contribution is -2.60. The first-order chi connectivity index (χ1) is 11.4. The number of hydrogen-bond donors (Lipinski definition) is 0. The Morgan fingerprint density at radius 1 is 1.21 bits per heavy atom. The van der Waals surface area contributed by atoms with Crippen molar-refractivity contribution in [1.82, 2.24) is 9.80 Å². The minimum atomic E-state index is -0.786. The summed E-state index contributed by atoms with van der Waals surface area (Å²) < 4.78 is 10.9. The molecule has 1 spiro atoms. The van der Waals surface area contributed by atoms with Gasteiger partial charge in [0.25, 0.3) is 11.8 Å². The zero-order valence-electron chi connectivity index (χ0n) is 13.7. The van der Waals surface area contributed by atoms with Crippen molar-refractivity contribution in [3.05, 3.63) is 23.8 Å². The number of carbonyl (C=O) groups is 2.